The molecule has 0 aromatic heterocycles. The van der Waals surface area contributed by atoms with Crippen molar-refractivity contribution in [3.05, 3.63) is 72.9 Å². The van der Waals surface area contributed by atoms with Gasteiger partial charge in [0.15, 0.2) is 0 Å². The summed E-state index contributed by atoms with van der Waals surface area (Å²) in [6.45, 7) is 5.48. The number of hydrogen-bond acceptors (Lipinski definition) is 6. The normalized spacial score (nSPS) is 14.2. The Morgan fingerprint density at radius 3 is 1.42 bits per heavy atom. The summed E-state index contributed by atoms with van der Waals surface area (Å²) in [5.41, 5.74) is 0. The van der Waals surface area contributed by atoms with Gasteiger partial charge < -0.3 is 18.9 Å². The van der Waals surface area contributed by atoms with Crippen LogP contribution in [0.3, 0.4) is 0 Å². The van der Waals surface area contributed by atoms with Crippen LogP contribution in [-0.4, -0.2) is 75.6 Å². The molecule has 8 nitrogen and oxygen atoms in total. The fraction of sp³-hybridized carbons (Fsp3) is 0.755. The van der Waals surface area contributed by atoms with Crippen molar-refractivity contribution >= 4 is 13.8 Å². The lowest BCUT2D eigenvalue weighted by molar-refractivity contribution is -0.870. The quantitative estimate of drug-likeness (QED) is 0.0214. The Balaban J connectivity index is 4.20. The van der Waals surface area contributed by atoms with Crippen molar-refractivity contribution in [2.45, 2.75) is 206 Å². The van der Waals surface area contributed by atoms with Crippen LogP contribution in [0.5, 0.6) is 0 Å². The lowest BCUT2D eigenvalue weighted by Gasteiger charge is -2.24. The molecule has 2 unspecified atom stereocenters. The van der Waals surface area contributed by atoms with Gasteiger partial charge in [0.1, 0.15) is 19.3 Å². The van der Waals surface area contributed by atoms with E-state index >= 15 is 0 Å². The molecule has 0 fully saturated rings. The van der Waals surface area contributed by atoms with Gasteiger partial charge in [0.2, 0.25) is 0 Å². The summed E-state index contributed by atoms with van der Waals surface area (Å²) in [5.74, 6) is -0.328. The number of esters is 1. The van der Waals surface area contributed by atoms with Gasteiger partial charge in [-0.05, 0) is 83.5 Å². The maximum Gasteiger partial charge on any atom is 0.472 e. The summed E-state index contributed by atoms with van der Waals surface area (Å²) >= 11 is 0. The highest BCUT2D eigenvalue weighted by atomic mass is 31.2. The van der Waals surface area contributed by atoms with Crippen molar-refractivity contribution in [3.63, 3.8) is 0 Å². The summed E-state index contributed by atoms with van der Waals surface area (Å²) in [5, 5.41) is 0. The summed E-state index contributed by atoms with van der Waals surface area (Å²) in [6.07, 6.45) is 59.4. The predicted octanol–water partition coefficient (Wildman–Crippen LogP) is 15.4. The van der Waals surface area contributed by atoms with Gasteiger partial charge in [-0.1, -0.05) is 183 Å². The Hall–Kier alpha value is -2.06. The molecule has 9 heteroatoms. The minimum atomic E-state index is -4.29. The largest absolute Gasteiger partial charge is 0.472 e. The van der Waals surface area contributed by atoms with Gasteiger partial charge in [-0.2, -0.15) is 0 Å². The molecular weight excluding hydrogens is 794 g/mol. The molecule has 0 aliphatic rings. The highest BCUT2D eigenvalue weighted by molar-refractivity contribution is 7.47. The molecule has 0 bridgehead atoms. The van der Waals surface area contributed by atoms with E-state index in [1.807, 2.05) is 21.1 Å². The fourth-order valence-electron chi connectivity index (χ4n) is 6.63. The molecule has 0 heterocycles. The van der Waals surface area contributed by atoms with E-state index in [1.54, 1.807) is 0 Å². The van der Waals surface area contributed by atoms with Crippen LogP contribution in [0.25, 0.3) is 0 Å². The summed E-state index contributed by atoms with van der Waals surface area (Å²) < 4.78 is 35.1. The summed E-state index contributed by atoms with van der Waals surface area (Å²) in [4.78, 5) is 23.0. The topological polar surface area (TPSA) is 91.3 Å². The minimum absolute atomic E-state index is 0.0819. The molecule has 0 aromatic carbocycles. The Bertz CT molecular complexity index is 1220. The van der Waals surface area contributed by atoms with Crippen LogP contribution in [-0.2, 0) is 27.9 Å². The molecule has 62 heavy (non-hydrogen) atoms. The zero-order valence-electron chi connectivity index (χ0n) is 40.8. The average molecular weight is 891 g/mol. The van der Waals surface area contributed by atoms with Crippen LogP contribution in [0, 0.1) is 0 Å². The van der Waals surface area contributed by atoms with E-state index in [9.17, 15) is 14.3 Å². The van der Waals surface area contributed by atoms with Crippen molar-refractivity contribution < 1.29 is 37.3 Å². The smallest absolute Gasteiger partial charge is 0.457 e. The van der Waals surface area contributed by atoms with Gasteiger partial charge in [0.05, 0.1) is 34.4 Å². The van der Waals surface area contributed by atoms with Crippen LogP contribution in [0.1, 0.15) is 200 Å². The third-order valence-electron chi connectivity index (χ3n) is 10.5. The number of nitrogens with zero attached hydrogens (tertiary/aromatic N) is 1. The number of carbonyl (C=O) groups excluding carboxylic acids is 1. The molecule has 0 saturated carbocycles. The maximum atomic E-state index is 12.8. The van der Waals surface area contributed by atoms with Gasteiger partial charge in [0.25, 0.3) is 0 Å². The SMILES string of the molecule is CC/C=C\C/C=C\C/C=C\C/C=C\C/C=C\CCCCCCCCCC(=O)OC(COCCCCCCCC/C=C\CCCCCCCCC)COP(=O)(O)OCC[N+](C)(C)C. The average Bonchev–Trinajstić information content (AvgIpc) is 3.23. The van der Waals surface area contributed by atoms with Gasteiger partial charge in [0, 0.05) is 13.0 Å². The Morgan fingerprint density at radius 1 is 0.516 bits per heavy atom. The number of phosphoric ester groups is 1. The number of ether oxygens (including phenoxy) is 2. The van der Waals surface area contributed by atoms with Crippen LogP contribution in [0.2, 0.25) is 0 Å². The molecule has 1 N–H and O–H groups in total. The molecule has 0 spiro atoms. The fourth-order valence-corrected chi connectivity index (χ4v) is 7.37. The van der Waals surface area contributed by atoms with Crippen LogP contribution in [0.15, 0.2) is 72.9 Å². The lowest BCUT2D eigenvalue weighted by Crippen LogP contribution is -2.37. The molecule has 0 aliphatic carbocycles. The summed E-state index contributed by atoms with van der Waals surface area (Å²) in [6, 6.07) is 0. The molecular formula is C53H97NO7P+. The molecule has 0 amide bonds. The minimum Gasteiger partial charge on any atom is -0.457 e. The third kappa shape index (κ3) is 49.0. The first-order valence-corrected chi connectivity index (χ1v) is 26.7. The second kappa shape index (κ2) is 45.5. The molecule has 0 aliphatic heterocycles. The molecule has 0 saturated heterocycles. The molecule has 0 aromatic rings. The highest BCUT2D eigenvalue weighted by Gasteiger charge is 2.26. The molecule has 0 rings (SSSR count). The van der Waals surface area contributed by atoms with Crippen LogP contribution < -0.4 is 0 Å². The Labute approximate surface area is 383 Å². The molecule has 2 atom stereocenters. The van der Waals surface area contributed by atoms with Gasteiger partial charge in [-0.25, -0.2) is 4.57 Å². The van der Waals surface area contributed by atoms with Crippen molar-refractivity contribution in [3.8, 4) is 0 Å². The first kappa shape index (κ1) is 59.9. The van der Waals surface area contributed by atoms with E-state index < -0.39 is 13.9 Å². The number of likely N-dealkylation sites (N-methyl/N-ethyl adjacent to an activating group) is 1. The second-order valence-corrected chi connectivity index (χ2v) is 19.3. The number of carbonyl (C=O) groups is 1. The summed E-state index contributed by atoms with van der Waals surface area (Å²) in [7, 11) is 1.65. The number of unbranched alkanes of at least 4 members (excludes halogenated alkanes) is 20. The lowest BCUT2D eigenvalue weighted by atomic mass is 10.1. The number of hydrogen-bond donors (Lipinski definition) is 1. The Kier molecular flexibility index (Phi) is 44.0. The van der Waals surface area contributed by atoms with E-state index in [1.165, 1.54) is 109 Å². The predicted molar refractivity (Wildman–Crippen MR) is 265 cm³/mol. The van der Waals surface area contributed by atoms with Crippen molar-refractivity contribution in [1.82, 2.24) is 0 Å². The van der Waals surface area contributed by atoms with Gasteiger partial charge in [-0.3, -0.25) is 13.8 Å². The van der Waals surface area contributed by atoms with Crippen LogP contribution in [0.4, 0.5) is 0 Å². The standard InChI is InChI=1S/C53H96NO7P/c1-6-8-10-12-14-16-18-20-22-24-25-26-27-28-29-30-32-34-36-38-40-42-44-46-53(55)61-52(51-60-62(56,57)59-49-47-54(3,4)5)50-58-48-45-43-41-39-37-35-33-31-23-21-19-17-15-13-11-9-7-2/h8,10,14,16,20,22-23,25-26,28-29,31,52H,6-7,9,11-13,15,17-19,21,24,27,30,32-51H2,1-5H3/p+1/b10-8-,16-14-,22-20-,26-25-,29-28-,31-23-. The van der Waals surface area contributed by atoms with Crippen molar-refractivity contribution in [1.29, 1.82) is 0 Å². The molecule has 0 radical (unpaired) electrons. The first-order chi connectivity index (χ1) is 30.1. The van der Waals surface area contributed by atoms with E-state index in [4.69, 9.17) is 18.5 Å². The maximum absolute atomic E-state index is 12.8. The van der Waals surface area contributed by atoms with Crippen LogP contribution >= 0.6 is 7.82 Å². The second-order valence-electron chi connectivity index (χ2n) is 17.8. The molecule has 360 valence electrons. The number of rotatable bonds is 46. The van der Waals surface area contributed by atoms with Crippen molar-refractivity contribution in [2.75, 3.05) is 54.1 Å². The monoisotopic (exact) mass is 891 g/mol. The third-order valence-corrected chi connectivity index (χ3v) is 11.5. The van der Waals surface area contributed by atoms with E-state index in [-0.39, 0.29) is 25.8 Å². The van der Waals surface area contributed by atoms with Gasteiger partial charge in [-0.15, -0.1) is 0 Å². The zero-order chi connectivity index (χ0) is 45.5. The van der Waals surface area contributed by atoms with Crippen molar-refractivity contribution in [2.24, 2.45) is 0 Å². The number of phosphoric acid groups is 1. The number of allylic oxidation sites excluding steroid dienone is 12. The van der Waals surface area contributed by atoms with E-state index in [0.29, 0.717) is 24.1 Å². The Morgan fingerprint density at radius 2 is 0.935 bits per heavy atom. The zero-order valence-corrected chi connectivity index (χ0v) is 41.7. The first-order valence-electron chi connectivity index (χ1n) is 25.2. The highest BCUT2D eigenvalue weighted by Crippen LogP contribution is 2.43. The number of quaternary nitrogens is 1. The van der Waals surface area contributed by atoms with E-state index in [0.717, 1.165) is 70.6 Å². The van der Waals surface area contributed by atoms with Gasteiger partial charge >= 0.3 is 13.8 Å². The van der Waals surface area contributed by atoms with E-state index in [2.05, 4.69) is 86.8 Å².